The van der Waals surface area contributed by atoms with Gasteiger partial charge in [0.15, 0.2) is 15.6 Å². The van der Waals surface area contributed by atoms with Gasteiger partial charge in [0.2, 0.25) is 5.82 Å². The van der Waals surface area contributed by atoms with Gasteiger partial charge in [-0.25, -0.2) is 18.2 Å². The number of halogens is 1. The molecule has 2 N–H and O–H groups in total. The fraction of sp³-hybridized carbons (Fsp3) is 0.167. The van der Waals surface area contributed by atoms with Crippen molar-refractivity contribution in [3.05, 3.63) is 52.3 Å². The molecule has 0 saturated carbocycles. The third-order valence-corrected chi connectivity index (χ3v) is 7.26. The van der Waals surface area contributed by atoms with Crippen LogP contribution in [0.5, 0.6) is 0 Å². The smallest absolute Gasteiger partial charge is 0.372 e. The zero-order valence-corrected chi connectivity index (χ0v) is 17.5. The number of sulfone groups is 1. The summed E-state index contributed by atoms with van der Waals surface area (Å²) >= 11 is 7.26. The van der Waals surface area contributed by atoms with Gasteiger partial charge in [0, 0.05) is 6.07 Å². The Balaban J connectivity index is 1.74. The predicted octanol–water partition coefficient (Wildman–Crippen LogP) is 2.92. The molecule has 0 saturated heterocycles. The Labute approximate surface area is 179 Å². The first-order valence-electron chi connectivity index (χ1n) is 8.57. The average Bonchev–Trinajstić information content (AvgIpc) is 3.40. The van der Waals surface area contributed by atoms with Crippen LogP contribution < -0.4 is 0 Å². The number of rotatable bonds is 7. The number of fused-ring (bicyclic) bond motifs is 1. The van der Waals surface area contributed by atoms with Crippen molar-refractivity contribution in [2.24, 2.45) is 0 Å². The molecule has 9 nitrogen and oxygen atoms in total. The van der Waals surface area contributed by atoms with Crippen molar-refractivity contribution in [1.82, 2.24) is 14.7 Å². The third-order valence-electron chi connectivity index (χ3n) is 4.33. The predicted molar refractivity (Wildman–Crippen MR) is 110 cm³/mol. The highest BCUT2D eigenvalue weighted by molar-refractivity contribution is 7.91. The fourth-order valence-electron chi connectivity index (χ4n) is 2.98. The number of hydrogen-bond donors (Lipinski definition) is 2. The number of aromatic nitrogens is 3. The zero-order valence-electron chi connectivity index (χ0n) is 15.1. The van der Waals surface area contributed by atoms with Gasteiger partial charge in [-0.3, -0.25) is 0 Å². The summed E-state index contributed by atoms with van der Waals surface area (Å²) in [5, 5.41) is 22.5. The van der Waals surface area contributed by atoms with Gasteiger partial charge < -0.3 is 19.3 Å². The molecule has 0 spiro atoms. The molecule has 1 aromatic carbocycles. The van der Waals surface area contributed by atoms with Gasteiger partial charge in [-0.1, -0.05) is 16.8 Å². The van der Waals surface area contributed by atoms with E-state index in [0.29, 0.717) is 21.3 Å². The number of carboxylic acid groups (broad SMARTS) is 1. The van der Waals surface area contributed by atoms with Crippen LogP contribution in [0.3, 0.4) is 0 Å². The van der Waals surface area contributed by atoms with E-state index in [1.807, 2.05) is 0 Å². The Morgan fingerprint density at radius 2 is 2.03 bits per heavy atom. The second-order valence-corrected chi connectivity index (χ2v) is 10.1. The summed E-state index contributed by atoms with van der Waals surface area (Å²) in [6.45, 7) is -0.456. The molecule has 3 heterocycles. The van der Waals surface area contributed by atoms with E-state index >= 15 is 0 Å². The van der Waals surface area contributed by atoms with E-state index in [0.717, 1.165) is 4.88 Å². The van der Waals surface area contributed by atoms with Crippen LogP contribution >= 0.6 is 22.9 Å². The van der Waals surface area contributed by atoms with Gasteiger partial charge in [-0.05, 0) is 30.3 Å². The Hall–Kier alpha value is -2.73. The molecule has 30 heavy (non-hydrogen) atoms. The highest BCUT2D eigenvalue weighted by atomic mass is 35.5. The number of thiophene rings is 1. The molecular formula is C18H14ClN3O6S2. The summed E-state index contributed by atoms with van der Waals surface area (Å²) in [6.07, 6.45) is 0. The number of aliphatic hydroxyl groups excluding tert-OH is 1. The van der Waals surface area contributed by atoms with Crippen molar-refractivity contribution < 1.29 is 27.9 Å². The van der Waals surface area contributed by atoms with Crippen LogP contribution in [0.4, 0.5) is 0 Å². The molecule has 0 aliphatic heterocycles. The number of aliphatic hydroxyl groups is 1. The van der Waals surface area contributed by atoms with Crippen LogP contribution in [-0.2, 0) is 16.4 Å². The van der Waals surface area contributed by atoms with Crippen molar-refractivity contribution in [1.29, 1.82) is 0 Å². The van der Waals surface area contributed by atoms with Gasteiger partial charge in [0.05, 0.1) is 44.0 Å². The summed E-state index contributed by atoms with van der Waals surface area (Å²) in [7, 11) is -3.69. The highest BCUT2D eigenvalue weighted by Crippen LogP contribution is 2.31. The molecule has 0 amide bonds. The normalized spacial score (nSPS) is 11.9. The van der Waals surface area contributed by atoms with Crippen molar-refractivity contribution in [2.75, 3.05) is 12.4 Å². The van der Waals surface area contributed by atoms with Gasteiger partial charge in [0.25, 0.3) is 0 Å². The first-order valence-corrected chi connectivity index (χ1v) is 11.4. The van der Waals surface area contributed by atoms with E-state index in [2.05, 4.69) is 10.1 Å². The monoisotopic (exact) mass is 467 g/mol. The summed E-state index contributed by atoms with van der Waals surface area (Å²) in [5.74, 6) is -1.45. The van der Waals surface area contributed by atoms with Crippen LogP contribution in [0.1, 0.15) is 16.3 Å². The van der Waals surface area contributed by atoms with E-state index in [4.69, 9.17) is 21.2 Å². The lowest BCUT2D eigenvalue weighted by atomic mass is 10.3. The Kier molecular flexibility index (Phi) is 5.36. The number of aromatic carboxylic acids is 1. The highest BCUT2D eigenvalue weighted by Gasteiger charge is 2.21. The lowest BCUT2D eigenvalue weighted by Gasteiger charge is -2.05. The van der Waals surface area contributed by atoms with Crippen molar-refractivity contribution >= 4 is 49.8 Å². The SMILES string of the molecule is O=C(O)c1nc2cc(S(=O)(=O)CCO)ccc2n1Cc1cc(-c2ccc(Cl)s2)on1. The molecule has 0 bridgehead atoms. The molecule has 12 heteroatoms. The Morgan fingerprint density at radius 3 is 2.70 bits per heavy atom. The van der Waals surface area contributed by atoms with E-state index in [1.54, 1.807) is 18.2 Å². The van der Waals surface area contributed by atoms with Crippen LogP contribution in [0, 0.1) is 0 Å². The number of carbonyl (C=O) groups is 1. The lowest BCUT2D eigenvalue weighted by Crippen LogP contribution is -2.11. The largest absolute Gasteiger partial charge is 0.475 e. The molecule has 4 aromatic rings. The number of imidazole rings is 1. The first kappa shape index (κ1) is 20.5. The van der Waals surface area contributed by atoms with Gasteiger partial charge >= 0.3 is 5.97 Å². The number of hydrogen-bond acceptors (Lipinski definition) is 8. The minimum absolute atomic E-state index is 0.0380. The topological polar surface area (TPSA) is 136 Å². The number of benzene rings is 1. The van der Waals surface area contributed by atoms with Crippen LogP contribution in [0.2, 0.25) is 4.34 Å². The molecule has 0 fully saturated rings. The molecule has 3 aromatic heterocycles. The van der Waals surface area contributed by atoms with Crippen LogP contribution in [0.15, 0.2) is 45.8 Å². The minimum Gasteiger partial charge on any atom is -0.475 e. The summed E-state index contributed by atoms with van der Waals surface area (Å²) in [6, 6.07) is 9.35. The van der Waals surface area contributed by atoms with E-state index < -0.39 is 28.2 Å². The molecule has 0 aliphatic rings. The average molecular weight is 468 g/mol. The first-order chi connectivity index (χ1) is 14.3. The molecule has 0 atom stereocenters. The molecule has 0 unspecified atom stereocenters. The fourth-order valence-corrected chi connectivity index (χ4v) is 5.01. The second-order valence-electron chi connectivity index (χ2n) is 6.31. The molecule has 0 aliphatic carbocycles. The maximum absolute atomic E-state index is 12.2. The maximum Gasteiger partial charge on any atom is 0.372 e. The maximum atomic E-state index is 12.2. The quantitative estimate of drug-likeness (QED) is 0.423. The van der Waals surface area contributed by atoms with Crippen molar-refractivity contribution in [3.63, 3.8) is 0 Å². The van der Waals surface area contributed by atoms with E-state index in [1.165, 1.54) is 34.1 Å². The molecule has 4 rings (SSSR count). The van der Waals surface area contributed by atoms with E-state index in [9.17, 15) is 18.3 Å². The Morgan fingerprint density at radius 1 is 1.23 bits per heavy atom. The van der Waals surface area contributed by atoms with Gasteiger partial charge in [-0.15, -0.1) is 11.3 Å². The third kappa shape index (κ3) is 3.84. The van der Waals surface area contributed by atoms with E-state index in [-0.39, 0.29) is 22.8 Å². The summed E-state index contributed by atoms with van der Waals surface area (Å²) < 4.78 is 31.7. The second kappa shape index (κ2) is 7.84. The van der Waals surface area contributed by atoms with Gasteiger partial charge in [-0.2, -0.15) is 0 Å². The number of nitrogens with zero attached hydrogens (tertiary/aromatic N) is 3. The van der Waals surface area contributed by atoms with Gasteiger partial charge in [0.1, 0.15) is 5.69 Å². The Bertz CT molecular complexity index is 1360. The lowest BCUT2D eigenvalue weighted by molar-refractivity contribution is 0.0679. The standard InChI is InChI=1S/C18H14ClN3O6S2/c19-16-4-3-15(29-16)14-7-10(21-28-14)9-22-13-2-1-11(30(26,27)6-5-23)8-12(13)20-17(22)18(24)25/h1-4,7-8,23H,5-6,9H2,(H,24,25). The summed E-state index contributed by atoms with van der Waals surface area (Å²) in [5.41, 5.74) is 1.10. The molecule has 0 radical (unpaired) electrons. The minimum atomic E-state index is -3.69. The zero-order chi connectivity index (χ0) is 21.5. The molecule has 156 valence electrons. The van der Waals surface area contributed by atoms with Crippen LogP contribution in [0.25, 0.3) is 21.7 Å². The van der Waals surface area contributed by atoms with Crippen molar-refractivity contribution in [2.45, 2.75) is 11.4 Å². The molecular weight excluding hydrogens is 454 g/mol. The number of carboxylic acids is 1. The summed E-state index contributed by atoms with van der Waals surface area (Å²) in [4.78, 5) is 16.5. The van der Waals surface area contributed by atoms with Crippen LogP contribution in [-0.4, -0.2) is 51.7 Å². The van der Waals surface area contributed by atoms with Crippen molar-refractivity contribution in [3.8, 4) is 10.6 Å².